The Morgan fingerprint density at radius 1 is 1.35 bits per heavy atom. The first kappa shape index (κ1) is 14.5. The molecule has 1 aromatic rings. The Morgan fingerprint density at radius 2 is 2.06 bits per heavy atom. The van der Waals surface area contributed by atoms with Gasteiger partial charge in [-0.3, -0.25) is 0 Å². The Labute approximate surface area is 114 Å². The van der Waals surface area contributed by atoms with Crippen molar-refractivity contribution in [3.63, 3.8) is 0 Å². The van der Waals surface area contributed by atoms with Crippen LogP contribution in [0.4, 0.5) is 5.69 Å². The summed E-state index contributed by atoms with van der Waals surface area (Å²) in [6.45, 7) is 8.57. The Bertz CT molecular complexity index is 350. The molecule has 0 aliphatic rings. The van der Waals surface area contributed by atoms with Crippen LogP contribution >= 0.6 is 15.9 Å². The predicted octanol–water partition coefficient (Wildman–Crippen LogP) is 3.79. The summed E-state index contributed by atoms with van der Waals surface area (Å²) < 4.78 is 1.15. The molecule has 0 atom stereocenters. The van der Waals surface area contributed by atoms with Gasteiger partial charge in [0, 0.05) is 36.3 Å². The van der Waals surface area contributed by atoms with Crippen LogP contribution in [0, 0.1) is 0 Å². The second-order valence-electron chi connectivity index (χ2n) is 4.73. The van der Waals surface area contributed by atoms with E-state index in [1.165, 1.54) is 17.7 Å². The number of hydrogen-bond acceptors (Lipinski definition) is 2. The SMILES string of the molecule is CCCN(C)c1ccc(Br)cc1CNC(C)C. The molecule has 17 heavy (non-hydrogen) atoms. The van der Waals surface area contributed by atoms with E-state index in [2.05, 4.69) is 72.2 Å². The predicted molar refractivity (Wildman–Crippen MR) is 79.7 cm³/mol. The number of halogens is 1. The van der Waals surface area contributed by atoms with Gasteiger partial charge in [-0.25, -0.2) is 0 Å². The molecule has 0 fully saturated rings. The largest absolute Gasteiger partial charge is 0.374 e. The third-order valence-corrected chi connectivity index (χ3v) is 3.21. The summed E-state index contributed by atoms with van der Waals surface area (Å²) in [4.78, 5) is 2.32. The van der Waals surface area contributed by atoms with Gasteiger partial charge in [0.15, 0.2) is 0 Å². The Balaban J connectivity index is 2.87. The molecular weight excluding hydrogens is 276 g/mol. The maximum absolute atomic E-state index is 3.55. The van der Waals surface area contributed by atoms with E-state index in [-0.39, 0.29) is 0 Å². The van der Waals surface area contributed by atoms with Crippen molar-refractivity contribution in [1.29, 1.82) is 0 Å². The summed E-state index contributed by atoms with van der Waals surface area (Å²) >= 11 is 3.55. The molecule has 0 heterocycles. The number of rotatable bonds is 6. The Kier molecular flexibility index (Phi) is 6.00. The molecule has 0 aromatic heterocycles. The van der Waals surface area contributed by atoms with Gasteiger partial charge in [0.1, 0.15) is 0 Å². The fraction of sp³-hybridized carbons (Fsp3) is 0.571. The highest BCUT2D eigenvalue weighted by molar-refractivity contribution is 9.10. The van der Waals surface area contributed by atoms with Crippen LogP contribution in [-0.4, -0.2) is 19.6 Å². The van der Waals surface area contributed by atoms with Crippen LogP contribution in [0.2, 0.25) is 0 Å². The maximum atomic E-state index is 3.55. The smallest absolute Gasteiger partial charge is 0.0410 e. The Morgan fingerprint density at radius 3 is 2.65 bits per heavy atom. The highest BCUT2D eigenvalue weighted by atomic mass is 79.9. The summed E-state index contributed by atoms with van der Waals surface area (Å²) in [7, 11) is 2.16. The molecule has 2 nitrogen and oxygen atoms in total. The van der Waals surface area contributed by atoms with Gasteiger partial charge >= 0.3 is 0 Å². The van der Waals surface area contributed by atoms with Gasteiger partial charge in [-0.2, -0.15) is 0 Å². The van der Waals surface area contributed by atoms with Crippen molar-refractivity contribution in [2.24, 2.45) is 0 Å². The topological polar surface area (TPSA) is 15.3 Å². The first-order chi connectivity index (χ1) is 8.04. The normalized spacial score (nSPS) is 10.9. The van der Waals surface area contributed by atoms with Crippen molar-refractivity contribution < 1.29 is 0 Å². The van der Waals surface area contributed by atoms with E-state index in [1.807, 2.05) is 0 Å². The van der Waals surface area contributed by atoms with E-state index < -0.39 is 0 Å². The second-order valence-corrected chi connectivity index (χ2v) is 5.65. The molecule has 0 spiro atoms. The first-order valence-electron chi connectivity index (χ1n) is 6.27. The van der Waals surface area contributed by atoms with E-state index in [1.54, 1.807) is 0 Å². The number of nitrogens with one attached hydrogen (secondary N) is 1. The minimum atomic E-state index is 0.512. The summed E-state index contributed by atoms with van der Waals surface area (Å²) in [6, 6.07) is 7.02. The highest BCUT2D eigenvalue weighted by Crippen LogP contribution is 2.24. The van der Waals surface area contributed by atoms with Gasteiger partial charge in [0.25, 0.3) is 0 Å². The zero-order valence-corrected chi connectivity index (χ0v) is 12.8. The van der Waals surface area contributed by atoms with E-state index in [0.717, 1.165) is 17.6 Å². The van der Waals surface area contributed by atoms with Crippen LogP contribution in [0.3, 0.4) is 0 Å². The van der Waals surface area contributed by atoms with Gasteiger partial charge in [0.05, 0.1) is 0 Å². The minimum absolute atomic E-state index is 0.512. The van der Waals surface area contributed by atoms with Gasteiger partial charge in [-0.1, -0.05) is 36.7 Å². The van der Waals surface area contributed by atoms with Crippen molar-refractivity contribution in [3.8, 4) is 0 Å². The van der Waals surface area contributed by atoms with Crippen LogP contribution in [-0.2, 0) is 6.54 Å². The first-order valence-corrected chi connectivity index (χ1v) is 7.06. The monoisotopic (exact) mass is 298 g/mol. The van der Waals surface area contributed by atoms with Crippen molar-refractivity contribution in [2.75, 3.05) is 18.5 Å². The van der Waals surface area contributed by atoms with Crippen molar-refractivity contribution in [3.05, 3.63) is 28.2 Å². The summed E-state index contributed by atoms with van der Waals surface area (Å²) in [5, 5.41) is 3.48. The molecule has 0 saturated carbocycles. The average molecular weight is 299 g/mol. The van der Waals surface area contributed by atoms with Crippen LogP contribution in [0.1, 0.15) is 32.8 Å². The van der Waals surface area contributed by atoms with E-state index in [4.69, 9.17) is 0 Å². The zero-order valence-electron chi connectivity index (χ0n) is 11.3. The maximum Gasteiger partial charge on any atom is 0.0410 e. The van der Waals surface area contributed by atoms with E-state index >= 15 is 0 Å². The summed E-state index contributed by atoms with van der Waals surface area (Å²) in [5.74, 6) is 0. The molecule has 1 rings (SSSR count). The standard InChI is InChI=1S/C14H23BrN2/c1-5-8-17(4)14-7-6-13(15)9-12(14)10-16-11(2)3/h6-7,9,11,16H,5,8,10H2,1-4H3. The molecule has 0 aliphatic heterocycles. The van der Waals surface area contributed by atoms with Crippen LogP contribution in [0.25, 0.3) is 0 Å². The lowest BCUT2D eigenvalue weighted by atomic mass is 10.1. The third-order valence-electron chi connectivity index (χ3n) is 2.71. The minimum Gasteiger partial charge on any atom is -0.374 e. The molecule has 0 saturated heterocycles. The van der Waals surface area contributed by atoms with Gasteiger partial charge < -0.3 is 10.2 Å². The molecule has 0 radical (unpaired) electrons. The molecular formula is C14H23BrN2. The second kappa shape index (κ2) is 7.02. The van der Waals surface area contributed by atoms with Crippen LogP contribution < -0.4 is 10.2 Å². The van der Waals surface area contributed by atoms with Gasteiger partial charge in [0.2, 0.25) is 0 Å². The van der Waals surface area contributed by atoms with Crippen molar-refractivity contribution in [2.45, 2.75) is 39.8 Å². The number of nitrogens with zero attached hydrogens (tertiary/aromatic N) is 1. The lowest BCUT2D eigenvalue weighted by Gasteiger charge is -2.23. The molecule has 1 aromatic carbocycles. The van der Waals surface area contributed by atoms with Gasteiger partial charge in [-0.15, -0.1) is 0 Å². The van der Waals surface area contributed by atoms with Crippen LogP contribution in [0.5, 0.6) is 0 Å². The fourth-order valence-electron chi connectivity index (χ4n) is 1.84. The molecule has 1 N–H and O–H groups in total. The molecule has 0 amide bonds. The van der Waals surface area contributed by atoms with Gasteiger partial charge in [-0.05, 0) is 30.2 Å². The molecule has 96 valence electrons. The lowest BCUT2D eigenvalue weighted by Crippen LogP contribution is -2.25. The number of benzene rings is 1. The fourth-order valence-corrected chi connectivity index (χ4v) is 2.25. The molecule has 0 bridgehead atoms. The summed E-state index contributed by atoms with van der Waals surface area (Å²) in [5.41, 5.74) is 2.67. The lowest BCUT2D eigenvalue weighted by molar-refractivity contribution is 0.588. The average Bonchev–Trinajstić information content (AvgIpc) is 2.26. The Hall–Kier alpha value is -0.540. The number of anilines is 1. The molecule has 0 unspecified atom stereocenters. The molecule has 3 heteroatoms. The van der Waals surface area contributed by atoms with Crippen molar-refractivity contribution in [1.82, 2.24) is 5.32 Å². The number of hydrogen-bond donors (Lipinski definition) is 1. The zero-order chi connectivity index (χ0) is 12.8. The van der Waals surface area contributed by atoms with Crippen LogP contribution in [0.15, 0.2) is 22.7 Å². The molecule has 0 aliphatic carbocycles. The quantitative estimate of drug-likeness (QED) is 0.859. The highest BCUT2D eigenvalue weighted by Gasteiger charge is 2.07. The third kappa shape index (κ3) is 4.68. The summed E-state index contributed by atoms with van der Waals surface area (Å²) in [6.07, 6.45) is 1.17. The van der Waals surface area contributed by atoms with Crippen molar-refractivity contribution >= 4 is 21.6 Å². The van der Waals surface area contributed by atoms with E-state index in [9.17, 15) is 0 Å². The van der Waals surface area contributed by atoms with E-state index in [0.29, 0.717) is 6.04 Å².